The molecule has 0 bridgehead atoms. The van der Waals surface area contributed by atoms with Crippen molar-refractivity contribution in [2.45, 2.75) is 13.0 Å². The third kappa shape index (κ3) is 4.33. The zero-order valence-corrected chi connectivity index (χ0v) is 21.8. The van der Waals surface area contributed by atoms with E-state index in [4.69, 9.17) is 13.9 Å². The van der Waals surface area contributed by atoms with Crippen LogP contribution in [0.2, 0.25) is 0 Å². The standard InChI is InChI=1S/C29H27N5O5/c1-18-17-32(12-13-33(18)29(36)26-15-20-6-4-5-7-23(20)39-26)28(35)21-16-27-30-11-10-22(34(27)31-21)19-8-9-24(37-2)25(14-19)38-3/h4-11,14-16,18H,12-13,17H2,1-3H3/t18-/m0/s1. The first-order valence-electron chi connectivity index (χ1n) is 12.6. The molecule has 0 saturated carbocycles. The molecule has 0 radical (unpaired) electrons. The fraction of sp³-hybridized carbons (Fsp3) is 0.241. The van der Waals surface area contributed by atoms with Gasteiger partial charge in [-0.2, -0.15) is 5.10 Å². The maximum absolute atomic E-state index is 13.5. The number of fused-ring (bicyclic) bond motifs is 2. The summed E-state index contributed by atoms with van der Waals surface area (Å²) >= 11 is 0. The number of amides is 2. The fourth-order valence-electron chi connectivity index (χ4n) is 5.05. The van der Waals surface area contributed by atoms with Crippen LogP contribution in [0, 0.1) is 0 Å². The van der Waals surface area contributed by atoms with E-state index in [0.29, 0.717) is 53.8 Å². The second-order valence-electron chi connectivity index (χ2n) is 9.45. The number of hydrogen-bond donors (Lipinski definition) is 0. The molecule has 4 heterocycles. The molecule has 0 unspecified atom stereocenters. The zero-order chi connectivity index (χ0) is 27.1. The molecule has 6 rings (SSSR count). The van der Waals surface area contributed by atoms with Crippen LogP contribution in [0.5, 0.6) is 11.5 Å². The van der Waals surface area contributed by atoms with Gasteiger partial charge in [-0.3, -0.25) is 9.59 Å². The number of piperazine rings is 1. The van der Waals surface area contributed by atoms with Gasteiger partial charge in [0.1, 0.15) is 5.58 Å². The van der Waals surface area contributed by atoms with Crippen LogP contribution in [0.4, 0.5) is 0 Å². The Morgan fingerprint density at radius 2 is 1.77 bits per heavy atom. The predicted molar refractivity (Wildman–Crippen MR) is 144 cm³/mol. The van der Waals surface area contributed by atoms with Crippen LogP contribution in [0.15, 0.2) is 71.3 Å². The number of aromatic nitrogens is 3. The van der Waals surface area contributed by atoms with Gasteiger partial charge in [0.2, 0.25) is 0 Å². The van der Waals surface area contributed by atoms with Crippen molar-refractivity contribution in [3.8, 4) is 22.8 Å². The van der Waals surface area contributed by atoms with E-state index in [1.165, 1.54) is 0 Å². The van der Waals surface area contributed by atoms with Crippen molar-refractivity contribution in [2.75, 3.05) is 33.9 Å². The minimum Gasteiger partial charge on any atom is -0.493 e. The Labute approximate surface area is 224 Å². The summed E-state index contributed by atoms with van der Waals surface area (Å²) in [5.41, 5.74) is 3.12. The zero-order valence-electron chi connectivity index (χ0n) is 21.8. The van der Waals surface area contributed by atoms with Crippen LogP contribution in [0.1, 0.15) is 28.0 Å². The molecule has 39 heavy (non-hydrogen) atoms. The minimum atomic E-state index is -0.207. The summed E-state index contributed by atoms with van der Waals surface area (Å²) in [4.78, 5) is 34.5. The van der Waals surface area contributed by atoms with E-state index >= 15 is 0 Å². The normalized spacial score (nSPS) is 15.6. The predicted octanol–water partition coefficient (Wildman–Crippen LogP) is 4.15. The summed E-state index contributed by atoms with van der Waals surface area (Å²) < 4.78 is 18.2. The number of nitrogens with zero attached hydrogens (tertiary/aromatic N) is 5. The average Bonchev–Trinajstić information content (AvgIpc) is 3.60. The van der Waals surface area contributed by atoms with E-state index in [1.807, 2.05) is 55.5 Å². The summed E-state index contributed by atoms with van der Waals surface area (Å²) in [7, 11) is 3.17. The molecule has 1 aliphatic rings. The van der Waals surface area contributed by atoms with Crippen molar-refractivity contribution >= 4 is 28.4 Å². The molecule has 10 heteroatoms. The summed E-state index contributed by atoms with van der Waals surface area (Å²) in [6, 6.07) is 18.2. The lowest BCUT2D eigenvalue weighted by Gasteiger charge is -2.39. The Kier molecular flexibility index (Phi) is 6.14. The maximum atomic E-state index is 13.5. The Morgan fingerprint density at radius 1 is 0.949 bits per heavy atom. The summed E-state index contributed by atoms with van der Waals surface area (Å²) in [5.74, 6) is 1.13. The SMILES string of the molecule is COc1ccc(-c2ccnc3cc(C(=O)N4CCN(C(=O)c5cc6ccccc6o5)[C@@H](C)C4)nn23)cc1OC. The van der Waals surface area contributed by atoms with Gasteiger partial charge >= 0.3 is 0 Å². The molecule has 1 saturated heterocycles. The van der Waals surface area contributed by atoms with Gasteiger partial charge in [0.05, 0.1) is 19.9 Å². The molecular formula is C29H27N5O5. The molecule has 0 spiro atoms. The molecule has 1 fully saturated rings. The quantitative estimate of drug-likeness (QED) is 0.340. The average molecular weight is 526 g/mol. The highest BCUT2D eigenvalue weighted by Gasteiger charge is 2.33. The van der Waals surface area contributed by atoms with E-state index in [9.17, 15) is 9.59 Å². The number of rotatable bonds is 5. The van der Waals surface area contributed by atoms with E-state index in [2.05, 4.69) is 10.1 Å². The lowest BCUT2D eigenvalue weighted by atomic mass is 10.1. The van der Waals surface area contributed by atoms with Gasteiger partial charge in [0, 0.05) is 48.9 Å². The summed E-state index contributed by atoms with van der Waals surface area (Å²) in [6.45, 7) is 3.10. The Bertz CT molecular complexity index is 1670. The van der Waals surface area contributed by atoms with Crippen molar-refractivity contribution in [2.24, 2.45) is 0 Å². The van der Waals surface area contributed by atoms with E-state index in [1.54, 1.807) is 46.9 Å². The van der Waals surface area contributed by atoms with Gasteiger partial charge in [-0.25, -0.2) is 9.50 Å². The smallest absolute Gasteiger partial charge is 0.289 e. The lowest BCUT2D eigenvalue weighted by Crippen LogP contribution is -2.55. The Balaban J connectivity index is 1.21. The van der Waals surface area contributed by atoms with E-state index in [0.717, 1.165) is 16.6 Å². The van der Waals surface area contributed by atoms with Crippen LogP contribution >= 0.6 is 0 Å². The van der Waals surface area contributed by atoms with Gasteiger partial charge in [0.15, 0.2) is 28.6 Å². The van der Waals surface area contributed by atoms with E-state index in [-0.39, 0.29) is 17.9 Å². The number of furan rings is 1. The number of carbonyl (C=O) groups is 2. The highest BCUT2D eigenvalue weighted by Crippen LogP contribution is 2.32. The van der Waals surface area contributed by atoms with Crippen LogP contribution in [0.3, 0.4) is 0 Å². The first-order valence-corrected chi connectivity index (χ1v) is 12.6. The monoisotopic (exact) mass is 525 g/mol. The molecule has 0 aliphatic carbocycles. The van der Waals surface area contributed by atoms with Crippen molar-refractivity contribution < 1.29 is 23.5 Å². The van der Waals surface area contributed by atoms with Crippen molar-refractivity contribution in [1.82, 2.24) is 24.4 Å². The summed E-state index contributed by atoms with van der Waals surface area (Å²) in [6.07, 6.45) is 1.68. The number of para-hydroxylation sites is 1. The second kappa shape index (κ2) is 9.79. The number of methoxy groups -OCH3 is 2. The van der Waals surface area contributed by atoms with Crippen LogP contribution in [-0.4, -0.2) is 76.1 Å². The van der Waals surface area contributed by atoms with Crippen molar-refractivity contribution in [3.05, 3.63) is 78.3 Å². The molecule has 2 aromatic carbocycles. The lowest BCUT2D eigenvalue weighted by molar-refractivity contribution is 0.0394. The molecule has 3 aromatic heterocycles. The first kappa shape index (κ1) is 24.5. The topological polar surface area (TPSA) is 102 Å². The highest BCUT2D eigenvalue weighted by molar-refractivity contribution is 5.97. The maximum Gasteiger partial charge on any atom is 0.289 e. The van der Waals surface area contributed by atoms with Gasteiger partial charge in [-0.05, 0) is 43.3 Å². The molecule has 10 nitrogen and oxygen atoms in total. The number of ether oxygens (including phenoxy) is 2. The molecule has 1 aliphatic heterocycles. The highest BCUT2D eigenvalue weighted by atomic mass is 16.5. The first-order chi connectivity index (χ1) is 19.0. The van der Waals surface area contributed by atoms with Crippen molar-refractivity contribution in [3.63, 3.8) is 0 Å². The van der Waals surface area contributed by atoms with Gasteiger partial charge < -0.3 is 23.7 Å². The number of carbonyl (C=O) groups excluding carboxylic acids is 2. The molecule has 5 aromatic rings. The van der Waals surface area contributed by atoms with Crippen LogP contribution in [-0.2, 0) is 0 Å². The van der Waals surface area contributed by atoms with Gasteiger partial charge in [-0.1, -0.05) is 18.2 Å². The van der Waals surface area contributed by atoms with Gasteiger partial charge in [0.25, 0.3) is 11.8 Å². The van der Waals surface area contributed by atoms with Crippen LogP contribution < -0.4 is 9.47 Å². The minimum absolute atomic E-state index is 0.178. The Hall–Kier alpha value is -4.86. The van der Waals surface area contributed by atoms with Crippen molar-refractivity contribution in [1.29, 1.82) is 0 Å². The molecular weight excluding hydrogens is 498 g/mol. The summed E-state index contributed by atoms with van der Waals surface area (Å²) in [5, 5.41) is 5.49. The number of benzene rings is 2. The second-order valence-corrected chi connectivity index (χ2v) is 9.45. The largest absolute Gasteiger partial charge is 0.493 e. The van der Waals surface area contributed by atoms with E-state index < -0.39 is 0 Å². The van der Waals surface area contributed by atoms with Gasteiger partial charge in [-0.15, -0.1) is 0 Å². The molecule has 1 atom stereocenters. The third-order valence-corrected chi connectivity index (χ3v) is 7.07. The van der Waals surface area contributed by atoms with Crippen LogP contribution in [0.25, 0.3) is 27.9 Å². The molecule has 2 amide bonds. The number of hydrogen-bond acceptors (Lipinski definition) is 7. The third-order valence-electron chi connectivity index (χ3n) is 7.07. The Morgan fingerprint density at radius 3 is 2.54 bits per heavy atom. The fourth-order valence-corrected chi connectivity index (χ4v) is 5.05. The molecule has 0 N–H and O–H groups in total. The molecule has 198 valence electrons.